The smallest absolute Gasteiger partial charge is 0.197 e. The van der Waals surface area contributed by atoms with Crippen LogP contribution in [0.4, 0.5) is 4.39 Å². The quantitative estimate of drug-likeness (QED) is 0.801. The van der Waals surface area contributed by atoms with Crippen LogP contribution >= 0.6 is 0 Å². The van der Waals surface area contributed by atoms with Crippen LogP contribution < -0.4 is 9.47 Å². The number of rotatable bonds is 4. The summed E-state index contributed by atoms with van der Waals surface area (Å²) in [6.07, 6.45) is 2.78. The highest BCUT2D eigenvalue weighted by Gasteiger charge is 2.38. The SMILES string of the molecule is COc1cc2c(c(F)c1OC1COC1)CCN1CC(OC(C)(C)C)CCC21. The fraction of sp³-hybridized carbons (Fsp3) is 0.714. The molecule has 0 aromatic heterocycles. The predicted molar refractivity (Wildman–Crippen MR) is 100 cm³/mol. The molecule has 0 amide bonds. The first-order valence-corrected chi connectivity index (χ1v) is 9.91. The zero-order valence-corrected chi connectivity index (χ0v) is 16.7. The first-order valence-electron chi connectivity index (χ1n) is 9.91. The molecule has 6 heteroatoms. The molecule has 0 bridgehead atoms. The first-order chi connectivity index (χ1) is 12.9. The minimum Gasteiger partial charge on any atom is -0.493 e. The molecule has 0 radical (unpaired) electrons. The summed E-state index contributed by atoms with van der Waals surface area (Å²) >= 11 is 0. The number of piperidine rings is 1. The fourth-order valence-corrected chi connectivity index (χ4v) is 4.38. The van der Waals surface area contributed by atoms with Crippen molar-refractivity contribution in [2.24, 2.45) is 0 Å². The summed E-state index contributed by atoms with van der Waals surface area (Å²) in [5.74, 6) is 0.458. The van der Waals surface area contributed by atoms with Crippen LogP contribution in [0.1, 0.15) is 50.8 Å². The van der Waals surface area contributed by atoms with Gasteiger partial charge in [0.25, 0.3) is 0 Å². The normalized spacial score (nSPS) is 26.1. The maximum Gasteiger partial charge on any atom is 0.197 e. The molecule has 3 aliphatic heterocycles. The summed E-state index contributed by atoms with van der Waals surface area (Å²) < 4.78 is 37.9. The minimum absolute atomic E-state index is 0.0866. The molecule has 3 heterocycles. The minimum atomic E-state index is -0.260. The van der Waals surface area contributed by atoms with Crippen molar-refractivity contribution in [3.63, 3.8) is 0 Å². The van der Waals surface area contributed by atoms with Crippen LogP contribution in [0.25, 0.3) is 0 Å². The lowest BCUT2D eigenvalue weighted by Gasteiger charge is -2.45. The molecule has 0 N–H and O–H groups in total. The molecule has 0 spiro atoms. The molecule has 1 aromatic carbocycles. The van der Waals surface area contributed by atoms with Gasteiger partial charge in [0.1, 0.15) is 6.10 Å². The van der Waals surface area contributed by atoms with Crippen molar-refractivity contribution in [3.05, 3.63) is 23.0 Å². The van der Waals surface area contributed by atoms with E-state index in [-0.39, 0.29) is 35.4 Å². The number of fused-ring (bicyclic) bond motifs is 3. The van der Waals surface area contributed by atoms with Crippen LogP contribution in [0.5, 0.6) is 11.5 Å². The topological polar surface area (TPSA) is 40.2 Å². The molecule has 2 saturated heterocycles. The largest absolute Gasteiger partial charge is 0.493 e. The van der Waals surface area contributed by atoms with Crippen molar-refractivity contribution < 1.29 is 23.3 Å². The molecule has 1 aromatic rings. The first kappa shape index (κ1) is 19.0. The van der Waals surface area contributed by atoms with Gasteiger partial charge in [0.15, 0.2) is 17.3 Å². The van der Waals surface area contributed by atoms with Gasteiger partial charge in [-0.25, -0.2) is 4.39 Å². The molecule has 2 unspecified atom stereocenters. The summed E-state index contributed by atoms with van der Waals surface area (Å²) in [7, 11) is 1.57. The Balaban J connectivity index is 1.58. The van der Waals surface area contributed by atoms with Crippen molar-refractivity contribution in [2.45, 2.75) is 63.9 Å². The van der Waals surface area contributed by atoms with Gasteiger partial charge < -0.3 is 18.9 Å². The summed E-state index contributed by atoms with van der Waals surface area (Å²) in [5, 5.41) is 0. The third-order valence-electron chi connectivity index (χ3n) is 5.60. The molecular formula is C21H30FNO4. The van der Waals surface area contributed by atoms with Gasteiger partial charge in [-0.15, -0.1) is 0 Å². The second-order valence-corrected chi connectivity index (χ2v) is 8.76. The summed E-state index contributed by atoms with van der Waals surface area (Å²) in [6, 6.07) is 2.20. The van der Waals surface area contributed by atoms with E-state index in [2.05, 4.69) is 25.7 Å². The molecule has 27 heavy (non-hydrogen) atoms. The monoisotopic (exact) mass is 379 g/mol. The Morgan fingerprint density at radius 1 is 1.19 bits per heavy atom. The number of benzene rings is 1. The van der Waals surface area contributed by atoms with E-state index < -0.39 is 0 Å². The zero-order valence-electron chi connectivity index (χ0n) is 16.7. The molecule has 2 fully saturated rings. The fourth-order valence-electron chi connectivity index (χ4n) is 4.38. The molecule has 4 rings (SSSR count). The summed E-state index contributed by atoms with van der Waals surface area (Å²) in [6.45, 7) is 9.04. The van der Waals surface area contributed by atoms with E-state index in [1.54, 1.807) is 7.11 Å². The Kier molecular flexibility index (Phi) is 5.08. The number of nitrogens with zero attached hydrogens (tertiary/aromatic N) is 1. The van der Waals surface area contributed by atoms with Crippen molar-refractivity contribution in [2.75, 3.05) is 33.4 Å². The van der Waals surface area contributed by atoms with Crippen LogP contribution in [0.15, 0.2) is 6.07 Å². The van der Waals surface area contributed by atoms with Gasteiger partial charge >= 0.3 is 0 Å². The molecule has 0 saturated carbocycles. The van der Waals surface area contributed by atoms with Crippen molar-refractivity contribution in [1.29, 1.82) is 0 Å². The Morgan fingerprint density at radius 2 is 1.96 bits per heavy atom. The number of hydrogen-bond donors (Lipinski definition) is 0. The lowest BCUT2D eigenvalue weighted by molar-refractivity contribution is -0.0973. The third kappa shape index (κ3) is 3.80. The van der Waals surface area contributed by atoms with Crippen LogP contribution in [0.2, 0.25) is 0 Å². The van der Waals surface area contributed by atoms with E-state index >= 15 is 4.39 Å². The van der Waals surface area contributed by atoms with Crippen LogP contribution in [-0.2, 0) is 15.9 Å². The maximum absolute atomic E-state index is 15.3. The Morgan fingerprint density at radius 3 is 2.59 bits per heavy atom. The number of hydrogen-bond acceptors (Lipinski definition) is 5. The highest BCUT2D eigenvalue weighted by molar-refractivity contribution is 5.51. The average molecular weight is 379 g/mol. The van der Waals surface area contributed by atoms with Gasteiger partial charge in [-0.1, -0.05) is 0 Å². The molecule has 3 aliphatic rings. The number of halogens is 1. The van der Waals surface area contributed by atoms with Gasteiger partial charge in [0.05, 0.1) is 32.0 Å². The average Bonchev–Trinajstić information content (AvgIpc) is 2.57. The molecule has 0 aliphatic carbocycles. The third-order valence-corrected chi connectivity index (χ3v) is 5.60. The number of methoxy groups -OCH3 is 1. The van der Waals surface area contributed by atoms with Crippen LogP contribution in [-0.4, -0.2) is 56.1 Å². The zero-order chi connectivity index (χ0) is 19.2. The maximum atomic E-state index is 15.3. The summed E-state index contributed by atoms with van der Waals surface area (Å²) in [5.41, 5.74) is 1.68. The Labute approximate surface area is 160 Å². The van der Waals surface area contributed by atoms with E-state index in [1.165, 1.54) is 0 Å². The van der Waals surface area contributed by atoms with Crippen molar-refractivity contribution in [3.8, 4) is 11.5 Å². The second kappa shape index (κ2) is 7.22. The van der Waals surface area contributed by atoms with Crippen LogP contribution in [0.3, 0.4) is 0 Å². The lowest BCUT2D eigenvalue weighted by atomic mass is 9.85. The predicted octanol–water partition coefficient (Wildman–Crippen LogP) is 3.49. The molecule has 5 nitrogen and oxygen atoms in total. The van der Waals surface area contributed by atoms with Gasteiger partial charge in [0.2, 0.25) is 0 Å². The van der Waals surface area contributed by atoms with E-state index in [4.69, 9.17) is 18.9 Å². The Hall–Kier alpha value is -1.37. The van der Waals surface area contributed by atoms with Crippen LogP contribution in [0, 0.1) is 5.82 Å². The van der Waals surface area contributed by atoms with E-state index in [0.717, 1.165) is 37.1 Å². The van der Waals surface area contributed by atoms with Gasteiger partial charge in [-0.2, -0.15) is 0 Å². The molecule has 150 valence electrons. The molecular weight excluding hydrogens is 349 g/mol. The van der Waals surface area contributed by atoms with Crippen molar-refractivity contribution in [1.82, 2.24) is 4.90 Å². The van der Waals surface area contributed by atoms with E-state index in [1.807, 2.05) is 6.07 Å². The second-order valence-electron chi connectivity index (χ2n) is 8.76. The van der Waals surface area contributed by atoms with E-state index in [0.29, 0.717) is 25.4 Å². The Bertz CT molecular complexity index is 698. The van der Waals surface area contributed by atoms with Gasteiger partial charge in [-0.05, 0) is 57.2 Å². The number of ether oxygens (including phenoxy) is 4. The van der Waals surface area contributed by atoms with E-state index in [9.17, 15) is 0 Å². The van der Waals surface area contributed by atoms with Crippen molar-refractivity contribution >= 4 is 0 Å². The standard InChI is InChI=1S/C21H30FNO4/c1-21(2,3)27-13-5-6-17-16-9-18(24-4)20(26-14-11-25-12-14)19(22)15(16)7-8-23(17)10-13/h9,13-14,17H,5-8,10-12H2,1-4H3. The van der Waals surface area contributed by atoms with Gasteiger partial charge in [-0.3, -0.25) is 4.90 Å². The lowest BCUT2D eigenvalue weighted by Crippen LogP contribution is -2.47. The highest BCUT2D eigenvalue weighted by atomic mass is 19.1. The summed E-state index contributed by atoms with van der Waals surface area (Å²) in [4.78, 5) is 2.43. The highest BCUT2D eigenvalue weighted by Crippen LogP contribution is 2.44. The van der Waals surface area contributed by atoms with Gasteiger partial charge in [0, 0.05) is 19.1 Å². The molecule has 2 atom stereocenters.